The maximum absolute atomic E-state index is 5.38. The van der Waals surface area contributed by atoms with Crippen LogP contribution >= 0.6 is 30.1 Å². The number of halogens is 3. The van der Waals surface area contributed by atoms with Gasteiger partial charge in [-0.25, -0.2) is 30.1 Å². The van der Waals surface area contributed by atoms with E-state index in [-0.39, 0.29) is 10.8 Å². The molecule has 0 saturated heterocycles. The highest BCUT2D eigenvalue weighted by Gasteiger charge is 2.25. The van der Waals surface area contributed by atoms with Crippen LogP contribution < -0.4 is 4.74 Å². The molecule has 0 spiro atoms. The predicted molar refractivity (Wildman–Crippen MR) is 93.1 cm³/mol. The van der Waals surface area contributed by atoms with Gasteiger partial charge in [-0.2, -0.15) is 0 Å². The number of hydrogen-bond acceptors (Lipinski definition) is 1. The van der Waals surface area contributed by atoms with Crippen LogP contribution in [0.15, 0.2) is 18.2 Å². The Morgan fingerprint density at radius 3 is 1.40 bits per heavy atom. The largest absolute Gasteiger partial charge is 0.643 e. The minimum Gasteiger partial charge on any atom is -0.489 e. The standard InChI is InChI=1S/C15H23O.Al.3ClH/c1-14(2,3)11-9-8-10-12(13(11)16-7)15(4,5)6;;;;/h8-10H,7H2,1-6H3;;3*1H/q;+3;;;/p-3. The van der Waals surface area contributed by atoms with E-state index in [9.17, 15) is 0 Å². The molecule has 5 heteroatoms. The summed E-state index contributed by atoms with van der Waals surface area (Å²) in [5.41, 5.74) is 2.59. The second-order valence-electron chi connectivity index (χ2n) is 6.57. The maximum Gasteiger partial charge on any atom is 0.643 e. The Morgan fingerprint density at radius 2 is 1.20 bits per heavy atom. The molecule has 0 unspecified atom stereocenters. The zero-order chi connectivity index (χ0) is 16.1. The molecule has 0 N–H and O–H groups in total. The summed E-state index contributed by atoms with van der Waals surface area (Å²) in [5, 5.41) is 0. The Bertz CT molecular complexity index is 385. The van der Waals surface area contributed by atoms with Crippen LogP contribution in [0.2, 0.25) is 0 Å². The first-order chi connectivity index (χ1) is 8.91. The summed E-state index contributed by atoms with van der Waals surface area (Å²) in [6.07, 6.45) is 0. The second kappa shape index (κ2) is 8.16. The van der Waals surface area contributed by atoms with E-state index in [1.54, 1.807) is 0 Å². The van der Waals surface area contributed by atoms with Crippen molar-refractivity contribution in [1.82, 2.24) is 0 Å². The minimum absolute atomic E-state index is 0.0777. The van der Waals surface area contributed by atoms with Gasteiger partial charge in [0.15, 0.2) is 0 Å². The molecule has 0 atom stereocenters. The van der Waals surface area contributed by atoms with Gasteiger partial charge in [0.2, 0.25) is 0 Å². The lowest BCUT2D eigenvalue weighted by molar-refractivity contribution is 0.425. The number of para-hydroxylation sites is 1. The smallest absolute Gasteiger partial charge is 0.489 e. The Labute approximate surface area is 140 Å². The fourth-order valence-corrected chi connectivity index (χ4v) is 1.87. The van der Waals surface area contributed by atoms with Crippen LogP contribution in [0.5, 0.6) is 5.75 Å². The van der Waals surface area contributed by atoms with Gasteiger partial charge in [-0.15, -0.1) is 0 Å². The molecule has 1 radical (unpaired) electrons. The average Bonchev–Trinajstić information content (AvgIpc) is 2.24. The topological polar surface area (TPSA) is 9.23 Å². The number of hydrogen-bond donors (Lipinski definition) is 0. The highest BCUT2D eigenvalue weighted by molar-refractivity contribution is 7.54. The Balaban J connectivity index is 0.000000796. The van der Waals surface area contributed by atoms with E-state index >= 15 is 0 Å². The number of benzene rings is 1. The number of rotatable bonds is 1. The van der Waals surface area contributed by atoms with Gasteiger partial charge >= 0.3 is 11.4 Å². The molecule has 0 aliphatic heterocycles. The minimum atomic E-state index is -1.72. The lowest BCUT2D eigenvalue weighted by Crippen LogP contribution is -2.18. The average molecular weight is 353 g/mol. The van der Waals surface area contributed by atoms with Crippen molar-refractivity contribution >= 4 is 41.5 Å². The van der Waals surface area contributed by atoms with Crippen molar-refractivity contribution in [3.8, 4) is 5.75 Å². The monoisotopic (exact) mass is 351 g/mol. The number of ether oxygens (including phenoxy) is 1. The molecule has 1 nitrogen and oxygen atoms in total. The Kier molecular flexibility index (Phi) is 8.33. The molecule has 1 aromatic rings. The molecule has 0 aliphatic rings. The van der Waals surface area contributed by atoms with E-state index in [0.717, 1.165) is 5.75 Å². The Hall–Kier alpha value is 0.422. The molecule has 113 valence electrons. The molecule has 0 fully saturated rings. The molecule has 1 aromatic carbocycles. The summed E-state index contributed by atoms with van der Waals surface area (Å²) in [5.74, 6) is 0.933. The van der Waals surface area contributed by atoms with Crippen LogP contribution in [0.3, 0.4) is 0 Å². The van der Waals surface area contributed by atoms with E-state index in [2.05, 4.69) is 66.9 Å². The van der Waals surface area contributed by atoms with Crippen LogP contribution in [0.4, 0.5) is 0 Å². The lowest BCUT2D eigenvalue weighted by Gasteiger charge is -2.28. The van der Waals surface area contributed by atoms with Crippen molar-refractivity contribution in [2.75, 3.05) is 0 Å². The van der Waals surface area contributed by atoms with Crippen LogP contribution in [-0.4, -0.2) is 11.4 Å². The van der Waals surface area contributed by atoms with Gasteiger partial charge in [0, 0.05) is 0 Å². The highest BCUT2D eigenvalue weighted by Crippen LogP contribution is 2.39. The van der Waals surface area contributed by atoms with Gasteiger partial charge in [-0.3, -0.25) is 0 Å². The van der Waals surface area contributed by atoms with E-state index in [1.807, 2.05) is 0 Å². The molecule has 20 heavy (non-hydrogen) atoms. The summed E-state index contributed by atoms with van der Waals surface area (Å²) in [6, 6.07) is 6.34. The summed E-state index contributed by atoms with van der Waals surface area (Å²) < 4.78 is 5.38. The quantitative estimate of drug-likeness (QED) is 0.552. The van der Waals surface area contributed by atoms with Gasteiger partial charge in [0.1, 0.15) is 12.9 Å². The molecule has 0 bridgehead atoms. The predicted octanol–water partition coefficient (Wildman–Crippen LogP) is 6.14. The van der Waals surface area contributed by atoms with E-state index < -0.39 is 11.4 Å². The van der Waals surface area contributed by atoms with Crippen LogP contribution in [0, 0.1) is 7.11 Å². The van der Waals surface area contributed by atoms with Crippen LogP contribution in [0.1, 0.15) is 52.7 Å². The van der Waals surface area contributed by atoms with E-state index in [0.29, 0.717) is 0 Å². The van der Waals surface area contributed by atoms with Crippen molar-refractivity contribution in [2.24, 2.45) is 0 Å². The third-order valence-electron chi connectivity index (χ3n) is 2.78. The van der Waals surface area contributed by atoms with Crippen molar-refractivity contribution in [3.05, 3.63) is 36.4 Å². The molecule has 0 aliphatic carbocycles. The summed E-state index contributed by atoms with van der Waals surface area (Å²) >= 11 is -1.72. The van der Waals surface area contributed by atoms with Crippen molar-refractivity contribution in [3.63, 3.8) is 0 Å². The van der Waals surface area contributed by atoms with Crippen LogP contribution in [-0.2, 0) is 10.8 Å². The maximum atomic E-state index is 5.38. The fourth-order valence-electron chi connectivity index (χ4n) is 1.87. The van der Waals surface area contributed by atoms with Gasteiger partial charge in [-0.1, -0.05) is 59.7 Å². The second-order valence-corrected chi connectivity index (χ2v) is 13.0. The van der Waals surface area contributed by atoms with E-state index in [1.165, 1.54) is 11.1 Å². The molecule has 1 rings (SSSR count). The zero-order valence-corrected chi connectivity index (χ0v) is 16.5. The zero-order valence-electron chi connectivity index (χ0n) is 13.1. The Morgan fingerprint density at radius 1 is 0.900 bits per heavy atom. The molecular formula is C15H23AlCl3O. The third-order valence-corrected chi connectivity index (χ3v) is 2.78. The van der Waals surface area contributed by atoms with E-state index in [4.69, 9.17) is 34.9 Å². The molecule has 0 heterocycles. The normalized spacial score (nSPS) is 11.5. The van der Waals surface area contributed by atoms with Crippen molar-refractivity contribution in [1.29, 1.82) is 0 Å². The van der Waals surface area contributed by atoms with Gasteiger partial charge < -0.3 is 4.74 Å². The van der Waals surface area contributed by atoms with Gasteiger partial charge in [0.25, 0.3) is 0 Å². The fraction of sp³-hybridized carbons (Fsp3) is 0.533. The van der Waals surface area contributed by atoms with Gasteiger partial charge in [0.05, 0.1) is 0 Å². The molecular weight excluding hydrogens is 330 g/mol. The molecule has 0 amide bonds. The highest BCUT2D eigenvalue weighted by atomic mass is 35.8. The first kappa shape index (κ1) is 20.4. The third kappa shape index (κ3) is 6.92. The summed E-state index contributed by atoms with van der Waals surface area (Å²) in [6.45, 7) is 13.2. The van der Waals surface area contributed by atoms with Crippen LogP contribution in [0.25, 0.3) is 0 Å². The summed E-state index contributed by atoms with van der Waals surface area (Å²) in [4.78, 5) is 0. The van der Waals surface area contributed by atoms with Crippen molar-refractivity contribution in [2.45, 2.75) is 52.4 Å². The first-order valence-electron chi connectivity index (χ1n) is 6.39. The SMILES string of the molecule is [CH2]Oc1c(C(C)(C)C)cccc1C(C)(C)C.[Cl][Al]([Cl])[Cl]. The first-order valence-corrected chi connectivity index (χ1v) is 11.6. The lowest BCUT2D eigenvalue weighted by atomic mass is 9.79. The van der Waals surface area contributed by atoms with Crippen molar-refractivity contribution < 1.29 is 4.74 Å². The molecule has 0 aromatic heterocycles. The summed E-state index contributed by atoms with van der Waals surface area (Å²) in [7, 11) is 18.4. The van der Waals surface area contributed by atoms with Gasteiger partial charge in [-0.05, 0) is 22.0 Å². The molecule has 0 saturated carbocycles.